The van der Waals surface area contributed by atoms with Gasteiger partial charge in [-0.2, -0.15) is 0 Å². The zero-order valence-electron chi connectivity index (χ0n) is 8.98. The van der Waals surface area contributed by atoms with E-state index in [0.717, 1.165) is 12.0 Å². The van der Waals surface area contributed by atoms with E-state index in [0.29, 0.717) is 12.5 Å². The number of hydrogen-bond acceptors (Lipinski definition) is 2. The Morgan fingerprint density at radius 1 is 1.31 bits per heavy atom. The molecule has 4 heteroatoms. The Morgan fingerprint density at radius 3 is 2.56 bits per heavy atom. The van der Waals surface area contributed by atoms with Crippen LogP contribution in [0.3, 0.4) is 0 Å². The number of aliphatic hydroxyl groups excluding tert-OH is 1. The number of hydrogen-bond donors (Lipinski definition) is 1. The minimum atomic E-state index is -0.0602. The van der Waals surface area contributed by atoms with Crippen molar-refractivity contribution in [1.29, 1.82) is 0 Å². The summed E-state index contributed by atoms with van der Waals surface area (Å²) >= 11 is 7.83. The van der Waals surface area contributed by atoms with E-state index in [1.165, 1.54) is 0 Å². The maximum absolute atomic E-state index is 9.21. The standard InChI is InChI=1S/C12H16ClIO2/c13-7-4-8-16-12(11(14)9-15)10-5-2-1-3-6-10/h1-3,5-6,11-12,15H,4,7-9H2/t11-,12+/m1/s1. The van der Waals surface area contributed by atoms with Gasteiger partial charge in [0.05, 0.1) is 16.6 Å². The SMILES string of the molecule is OC[C@@H](I)[C@@H](OCCCCl)c1ccccc1. The molecule has 16 heavy (non-hydrogen) atoms. The smallest absolute Gasteiger partial charge is 0.0964 e. The molecular weight excluding hydrogens is 338 g/mol. The van der Waals surface area contributed by atoms with E-state index in [2.05, 4.69) is 22.6 Å². The molecule has 0 fully saturated rings. The summed E-state index contributed by atoms with van der Waals surface area (Å²) in [4.78, 5) is 0. The van der Waals surface area contributed by atoms with Gasteiger partial charge < -0.3 is 9.84 Å². The van der Waals surface area contributed by atoms with E-state index in [4.69, 9.17) is 16.3 Å². The summed E-state index contributed by atoms with van der Waals surface area (Å²) in [5.41, 5.74) is 1.10. The number of rotatable bonds is 7. The van der Waals surface area contributed by atoms with Crippen LogP contribution in [-0.4, -0.2) is 28.1 Å². The summed E-state index contributed by atoms with van der Waals surface area (Å²) in [7, 11) is 0. The topological polar surface area (TPSA) is 29.5 Å². The molecular formula is C12H16ClIO2. The predicted octanol–water partition coefficient (Wildman–Crippen LogP) is 3.17. The Balaban J connectivity index is 2.64. The monoisotopic (exact) mass is 354 g/mol. The second-order valence-electron chi connectivity index (χ2n) is 3.44. The summed E-state index contributed by atoms with van der Waals surface area (Å²) in [5.74, 6) is 0.604. The maximum Gasteiger partial charge on any atom is 0.0964 e. The quantitative estimate of drug-likeness (QED) is 0.463. The first-order chi connectivity index (χ1) is 7.79. The minimum absolute atomic E-state index is 0.0602. The largest absolute Gasteiger partial charge is 0.395 e. The molecule has 1 aromatic carbocycles. The first kappa shape index (κ1) is 14.2. The van der Waals surface area contributed by atoms with Gasteiger partial charge in [0.15, 0.2) is 0 Å². The van der Waals surface area contributed by atoms with Gasteiger partial charge in [0.25, 0.3) is 0 Å². The fourth-order valence-corrected chi connectivity index (χ4v) is 2.14. The molecule has 1 aromatic rings. The summed E-state index contributed by atoms with van der Waals surface area (Å²) in [6.45, 7) is 0.740. The van der Waals surface area contributed by atoms with Crippen molar-refractivity contribution in [2.45, 2.75) is 16.4 Å². The van der Waals surface area contributed by atoms with Crippen molar-refractivity contribution in [3.63, 3.8) is 0 Å². The highest BCUT2D eigenvalue weighted by atomic mass is 127. The predicted molar refractivity (Wildman–Crippen MR) is 75.4 cm³/mol. The van der Waals surface area contributed by atoms with Crippen molar-refractivity contribution >= 4 is 34.2 Å². The fourth-order valence-electron chi connectivity index (χ4n) is 1.41. The van der Waals surface area contributed by atoms with Crippen molar-refractivity contribution in [3.8, 4) is 0 Å². The maximum atomic E-state index is 9.21. The number of aliphatic hydroxyl groups is 1. The van der Waals surface area contributed by atoms with Gasteiger partial charge in [-0.15, -0.1) is 11.6 Å². The van der Waals surface area contributed by atoms with Crippen LogP contribution in [0.1, 0.15) is 18.1 Å². The Kier molecular flexibility index (Phi) is 7.36. The second kappa shape index (κ2) is 8.28. The van der Waals surface area contributed by atoms with Crippen LogP contribution in [0.15, 0.2) is 30.3 Å². The molecule has 0 aliphatic rings. The molecule has 2 nitrogen and oxygen atoms in total. The van der Waals surface area contributed by atoms with Crippen molar-refractivity contribution < 1.29 is 9.84 Å². The minimum Gasteiger partial charge on any atom is -0.395 e. The van der Waals surface area contributed by atoms with Crippen LogP contribution in [0.4, 0.5) is 0 Å². The zero-order chi connectivity index (χ0) is 11.8. The molecule has 0 saturated heterocycles. The number of halogens is 2. The molecule has 0 bridgehead atoms. The van der Waals surface area contributed by atoms with Crippen LogP contribution in [0.2, 0.25) is 0 Å². The van der Waals surface area contributed by atoms with Crippen LogP contribution in [0.5, 0.6) is 0 Å². The lowest BCUT2D eigenvalue weighted by atomic mass is 10.1. The zero-order valence-corrected chi connectivity index (χ0v) is 11.9. The molecule has 0 saturated carbocycles. The van der Waals surface area contributed by atoms with Gasteiger partial charge in [0, 0.05) is 12.5 Å². The lowest BCUT2D eigenvalue weighted by Gasteiger charge is -2.22. The van der Waals surface area contributed by atoms with Crippen molar-refractivity contribution in [3.05, 3.63) is 35.9 Å². The van der Waals surface area contributed by atoms with Crippen molar-refractivity contribution in [2.75, 3.05) is 19.1 Å². The average Bonchev–Trinajstić information content (AvgIpc) is 2.35. The molecule has 0 spiro atoms. The highest BCUT2D eigenvalue weighted by Crippen LogP contribution is 2.26. The van der Waals surface area contributed by atoms with Gasteiger partial charge in [-0.25, -0.2) is 0 Å². The lowest BCUT2D eigenvalue weighted by Crippen LogP contribution is -2.20. The molecule has 2 atom stereocenters. The first-order valence-electron chi connectivity index (χ1n) is 5.27. The van der Waals surface area contributed by atoms with E-state index < -0.39 is 0 Å². The van der Waals surface area contributed by atoms with E-state index in [9.17, 15) is 5.11 Å². The average molecular weight is 355 g/mol. The summed E-state index contributed by atoms with van der Waals surface area (Å²) < 4.78 is 5.83. The number of alkyl halides is 2. The Labute approximate surface area is 115 Å². The van der Waals surface area contributed by atoms with Gasteiger partial charge in [0.1, 0.15) is 0 Å². The lowest BCUT2D eigenvalue weighted by molar-refractivity contribution is 0.0440. The Hall–Kier alpha value is 0.160. The normalized spacial score (nSPS) is 14.7. The third kappa shape index (κ3) is 4.57. The van der Waals surface area contributed by atoms with E-state index >= 15 is 0 Å². The molecule has 0 amide bonds. The molecule has 0 aliphatic heterocycles. The van der Waals surface area contributed by atoms with Crippen LogP contribution >= 0.6 is 34.2 Å². The van der Waals surface area contributed by atoms with Gasteiger partial charge >= 0.3 is 0 Å². The van der Waals surface area contributed by atoms with Gasteiger partial charge in [-0.1, -0.05) is 52.9 Å². The van der Waals surface area contributed by atoms with Gasteiger partial charge in [-0.05, 0) is 12.0 Å². The molecule has 0 aliphatic carbocycles. The number of benzene rings is 1. The summed E-state index contributed by atoms with van der Waals surface area (Å²) in [5, 5.41) is 9.21. The molecule has 1 rings (SSSR count). The highest BCUT2D eigenvalue weighted by molar-refractivity contribution is 14.1. The van der Waals surface area contributed by atoms with Gasteiger partial charge in [-0.3, -0.25) is 0 Å². The molecule has 0 radical (unpaired) electrons. The van der Waals surface area contributed by atoms with Crippen LogP contribution in [0, 0.1) is 0 Å². The van der Waals surface area contributed by atoms with Crippen LogP contribution in [-0.2, 0) is 4.74 Å². The summed E-state index contributed by atoms with van der Waals surface area (Å²) in [6.07, 6.45) is 0.773. The molecule has 1 N–H and O–H groups in total. The van der Waals surface area contributed by atoms with E-state index in [1.54, 1.807) is 0 Å². The van der Waals surface area contributed by atoms with E-state index in [-0.39, 0.29) is 16.6 Å². The highest BCUT2D eigenvalue weighted by Gasteiger charge is 2.20. The van der Waals surface area contributed by atoms with Gasteiger partial charge in [0.2, 0.25) is 0 Å². The molecule has 0 aromatic heterocycles. The fraction of sp³-hybridized carbons (Fsp3) is 0.500. The molecule has 0 heterocycles. The Morgan fingerprint density at radius 2 is 2.00 bits per heavy atom. The number of ether oxygens (including phenoxy) is 1. The van der Waals surface area contributed by atoms with Crippen LogP contribution in [0.25, 0.3) is 0 Å². The first-order valence-corrected chi connectivity index (χ1v) is 7.05. The third-order valence-corrected chi connectivity index (χ3v) is 3.52. The molecule has 0 unspecified atom stereocenters. The van der Waals surface area contributed by atoms with E-state index in [1.807, 2.05) is 30.3 Å². The molecule has 90 valence electrons. The van der Waals surface area contributed by atoms with Crippen molar-refractivity contribution in [1.82, 2.24) is 0 Å². The van der Waals surface area contributed by atoms with Crippen LogP contribution < -0.4 is 0 Å². The Bertz CT molecular complexity index is 282. The van der Waals surface area contributed by atoms with Crippen molar-refractivity contribution in [2.24, 2.45) is 0 Å². The second-order valence-corrected chi connectivity index (χ2v) is 5.42. The third-order valence-electron chi connectivity index (χ3n) is 2.21. The summed E-state index contributed by atoms with van der Waals surface area (Å²) in [6, 6.07) is 9.97.